The van der Waals surface area contributed by atoms with E-state index in [-0.39, 0.29) is 18.1 Å². The Labute approximate surface area is 168 Å². The molecule has 0 radical (unpaired) electrons. The van der Waals surface area contributed by atoms with Gasteiger partial charge in [0.1, 0.15) is 12.8 Å². The van der Waals surface area contributed by atoms with E-state index in [4.69, 9.17) is 0 Å². The number of hydrogen-bond donors (Lipinski definition) is 2. The van der Waals surface area contributed by atoms with Gasteiger partial charge >= 0.3 is 0 Å². The van der Waals surface area contributed by atoms with E-state index in [1.807, 2.05) is 46.0 Å². The predicted octanol–water partition coefficient (Wildman–Crippen LogP) is 0.905. The Balaban J connectivity index is 1.18. The van der Waals surface area contributed by atoms with Crippen LogP contribution in [0, 0.1) is 5.92 Å². The van der Waals surface area contributed by atoms with Crippen molar-refractivity contribution in [2.24, 2.45) is 5.92 Å². The Morgan fingerprint density at radius 3 is 2.62 bits per heavy atom. The molecule has 2 aromatic rings. The second-order valence-corrected chi connectivity index (χ2v) is 8.26. The molecule has 1 aromatic carbocycles. The summed E-state index contributed by atoms with van der Waals surface area (Å²) in [6.45, 7) is 2.80. The van der Waals surface area contributed by atoms with Crippen LogP contribution >= 0.6 is 0 Å². The van der Waals surface area contributed by atoms with E-state index in [0.29, 0.717) is 32.7 Å². The number of nitrogens with one attached hydrogen (secondary N) is 2. The summed E-state index contributed by atoms with van der Waals surface area (Å²) >= 11 is 0. The molecule has 5 rings (SSSR count). The van der Waals surface area contributed by atoms with Crippen LogP contribution in [0.1, 0.15) is 12.8 Å². The molecule has 0 spiro atoms. The molecule has 0 bridgehead atoms. The lowest BCUT2D eigenvalue weighted by Gasteiger charge is -2.43. The van der Waals surface area contributed by atoms with Crippen LogP contribution < -0.4 is 10.6 Å². The molecule has 2 amide bonds. The van der Waals surface area contributed by atoms with E-state index in [0.717, 1.165) is 23.7 Å². The van der Waals surface area contributed by atoms with Gasteiger partial charge in [-0.15, -0.1) is 0 Å². The SMILES string of the molecule is O=C1NC(N2CCN(C(=O)Cn3ccc4ccccc43)CC2)NC(C2CC2)C1F. The van der Waals surface area contributed by atoms with Gasteiger partial charge in [0.2, 0.25) is 5.91 Å². The number of fused-ring (bicyclic) bond motifs is 1. The Bertz CT molecular complexity index is 919. The van der Waals surface area contributed by atoms with E-state index in [9.17, 15) is 14.0 Å². The molecule has 3 fully saturated rings. The van der Waals surface area contributed by atoms with E-state index >= 15 is 0 Å². The number of halogens is 1. The van der Waals surface area contributed by atoms with Crippen LogP contribution in [0.2, 0.25) is 0 Å². The van der Waals surface area contributed by atoms with Crippen molar-refractivity contribution in [1.82, 2.24) is 25.0 Å². The number of benzene rings is 1. The van der Waals surface area contributed by atoms with Crippen molar-refractivity contribution in [3.05, 3.63) is 36.5 Å². The van der Waals surface area contributed by atoms with Crippen molar-refractivity contribution < 1.29 is 14.0 Å². The van der Waals surface area contributed by atoms with Crippen molar-refractivity contribution >= 4 is 22.7 Å². The number of rotatable bonds is 4. The van der Waals surface area contributed by atoms with Gasteiger partial charge in [0.05, 0.1) is 6.04 Å². The number of para-hydroxylation sites is 1. The average molecular weight is 399 g/mol. The van der Waals surface area contributed by atoms with Crippen molar-refractivity contribution in [2.75, 3.05) is 26.2 Å². The molecule has 3 heterocycles. The van der Waals surface area contributed by atoms with Crippen LogP contribution in [-0.2, 0) is 16.1 Å². The van der Waals surface area contributed by atoms with Gasteiger partial charge < -0.3 is 14.8 Å². The number of carbonyl (C=O) groups excluding carboxylic acids is 2. The first-order valence-electron chi connectivity index (χ1n) is 10.4. The van der Waals surface area contributed by atoms with Crippen molar-refractivity contribution in [3.63, 3.8) is 0 Å². The van der Waals surface area contributed by atoms with Crippen LogP contribution in [0.3, 0.4) is 0 Å². The van der Waals surface area contributed by atoms with Crippen LogP contribution in [0.15, 0.2) is 36.5 Å². The fourth-order valence-corrected chi connectivity index (χ4v) is 4.47. The van der Waals surface area contributed by atoms with E-state index < -0.39 is 18.1 Å². The molecule has 8 heteroatoms. The third kappa shape index (κ3) is 3.62. The van der Waals surface area contributed by atoms with Crippen molar-refractivity contribution in [1.29, 1.82) is 0 Å². The average Bonchev–Trinajstić information content (AvgIpc) is 3.51. The summed E-state index contributed by atoms with van der Waals surface area (Å²) in [6.07, 6.45) is 2.08. The summed E-state index contributed by atoms with van der Waals surface area (Å²) in [5.74, 6) is -0.173. The van der Waals surface area contributed by atoms with Gasteiger partial charge in [0, 0.05) is 37.9 Å². The second kappa shape index (κ2) is 7.42. The number of carbonyl (C=O) groups is 2. The maximum absolute atomic E-state index is 14.2. The first kappa shape index (κ1) is 18.6. The highest BCUT2D eigenvalue weighted by Gasteiger charge is 2.46. The summed E-state index contributed by atoms with van der Waals surface area (Å²) < 4.78 is 16.2. The highest BCUT2D eigenvalue weighted by molar-refractivity contribution is 5.83. The van der Waals surface area contributed by atoms with Crippen molar-refractivity contribution in [3.8, 4) is 0 Å². The van der Waals surface area contributed by atoms with Crippen LogP contribution in [-0.4, -0.2) is 70.9 Å². The second-order valence-electron chi connectivity index (χ2n) is 8.26. The molecule has 29 heavy (non-hydrogen) atoms. The van der Waals surface area contributed by atoms with Gasteiger partial charge in [-0.05, 0) is 36.3 Å². The summed E-state index contributed by atoms with van der Waals surface area (Å²) in [4.78, 5) is 28.8. The van der Waals surface area contributed by atoms with Crippen LogP contribution in [0.25, 0.3) is 10.9 Å². The quantitative estimate of drug-likeness (QED) is 0.802. The molecule has 1 aliphatic carbocycles. The highest BCUT2D eigenvalue weighted by Crippen LogP contribution is 2.36. The van der Waals surface area contributed by atoms with Crippen molar-refractivity contribution in [2.45, 2.75) is 37.9 Å². The molecular formula is C21H26FN5O2. The molecule has 3 atom stereocenters. The summed E-state index contributed by atoms with van der Waals surface area (Å²) in [5, 5.41) is 7.15. The normalized spacial score (nSPS) is 28.5. The van der Waals surface area contributed by atoms with E-state index in [1.54, 1.807) is 0 Å². The minimum Gasteiger partial charge on any atom is -0.339 e. The monoisotopic (exact) mass is 399 g/mol. The first-order valence-corrected chi connectivity index (χ1v) is 10.4. The lowest BCUT2D eigenvalue weighted by atomic mass is 10.0. The van der Waals surface area contributed by atoms with Gasteiger partial charge in [-0.1, -0.05) is 18.2 Å². The first-order chi connectivity index (χ1) is 14.1. The van der Waals surface area contributed by atoms with Crippen LogP contribution in [0.4, 0.5) is 4.39 Å². The molecular weight excluding hydrogens is 373 g/mol. The maximum Gasteiger partial charge on any atom is 0.258 e. The number of piperazine rings is 1. The molecule has 3 unspecified atom stereocenters. The van der Waals surface area contributed by atoms with E-state index in [2.05, 4.69) is 15.5 Å². The van der Waals surface area contributed by atoms with Crippen LogP contribution in [0.5, 0.6) is 0 Å². The molecule has 2 aliphatic heterocycles. The minimum absolute atomic E-state index is 0.0892. The molecule has 2 N–H and O–H groups in total. The summed E-state index contributed by atoms with van der Waals surface area (Å²) in [7, 11) is 0. The maximum atomic E-state index is 14.2. The Morgan fingerprint density at radius 2 is 1.86 bits per heavy atom. The molecule has 154 valence electrons. The molecule has 3 aliphatic rings. The third-order valence-electron chi connectivity index (χ3n) is 6.34. The Hall–Kier alpha value is -2.45. The fourth-order valence-electron chi connectivity index (χ4n) is 4.47. The molecule has 1 saturated carbocycles. The lowest BCUT2D eigenvalue weighted by molar-refractivity contribution is -0.138. The standard InChI is InChI=1S/C21H26FN5O2/c22-18-19(15-5-6-15)23-21(24-20(18)29)26-11-9-25(10-12-26)17(28)13-27-8-7-14-3-1-2-4-16(14)27/h1-4,7-8,15,18-19,21,23H,5-6,9-13H2,(H,24,29). The van der Waals surface area contributed by atoms with Gasteiger partial charge in [0.25, 0.3) is 5.91 Å². The fraction of sp³-hybridized carbons (Fsp3) is 0.524. The van der Waals surface area contributed by atoms with E-state index in [1.165, 1.54) is 0 Å². The van der Waals surface area contributed by atoms with Gasteiger partial charge in [-0.2, -0.15) is 0 Å². The topological polar surface area (TPSA) is 69.6 Å². The zero-order chi connectivity index (χ0) is 20.0. The molecule has 1 aromatic heterocycles. The molecule has 7 nitrogen and oxygen atoms in total. The summed E-state index contributed by atoms with van der Waals surface area (Å²) in [6, 6.07) is 9.65. The number of hydrogen-bond acceptors (Lipinski definition) is 4. The smallest absolute Gasteiger partial charge is 0.258 e. The number of alkyl halides is 1. The Kier molecular flexibility index (Phi) is 4.75. The zero-order valence-corrected chi connectivity index (χ0v) is 16.3. The molecule has 2 saturated heterocycles. The Morgan fingerprint density at radius 1 is 1.10 bits per heavy atom. The number of aromatic nitrogens is 1. The predicted molar refractivity (Wildman–Crippen MR) is 107 cm³/mol. The number of amides is 2. The minimum atomic E-state index is -1.47. The lowest BCUT2D eigenvalue weighted by Crippen LogP contribution is -2.70. The largest absolute Gasteiger partial charge is 0.339 e. The van der Waals surface area contributed by atoms with Gasteiger partial charge in [-0.25, -0.2) is 4.39 Å². The van der Waals surface area contributed by atoms with Gasteiger partial charge in [-0.3, -0.25) is 19.8 Å². The zero-order valence-electron chi connectivity index (χ0n) is 16.3. The highest BCUT2D eigenvalue weighted by atomic mass is 19.1. The number of nitrogens with zero attached hydrogens (tertiary/aromatic N) is 3. The van der Waals surface area contributed by atoms with Gasteiger partial charge in [0.15, 0.2) is 6.17 Å². The summed E-state index contributed by atoms with van der Waals surface area (Å²) in [5.41, 5.74) is 1.06. The third-order valence-corrected chi connectivity index (χ3v) is 6.34.